The SMILES string of the molecule is CN(CCCCCO)C(=O)c1ccc2c(c1)CCC2. The molecule has 1 amide bonds. The third-order valence-corrected chi connectivity index (χ3v) is 3.84. The summed E-state index contributed by atoms with van der Waals surface area (Å²) in [5, 5.41) is 8.73. The fraction of sp³-hybridized carbons (Fsp3) is 0.562. The van der Waals surface area contributed by atoms with Crippen LogP contribution in [0.25, 0.3) is 0 Å². The van der Waals surface area contributed by atoms with Gasteiger partial charge in [0, 0.05) is 25.8 Å². The van der Waals surface area contributed by atoms with Crippen LogP contribution in [0, 0.1) is 0 Å². The van der Waals surface area contributed by atoms with Gasteiger partial charge in [-0.15, -0.1) is 0 Å². The molecule has 1 aliphatic rings. The number of carbonyl (C=O) groups excluding carboxylic acids is 1. The molecule has 2 rings (SSSR count). The van der Waals surface area contributed by atoms with Crippen LogP contribution in [0.3, 0.4) is 0 Å². The maximum atomic E-state index is 12.3. The predicted octanol–water partition coefficient (Wildman–Crippen LogP) is 2.41. The van der Waals surface area contributed by atoms with Gasteiger partial charge in [0.2, 0.25) is 0 Å². The Morgan fingerprint density at radius 3 is 2.79 bits per heavy atom. The molecule has 1 aromatic carbocycles. The second kappa shape index (κ2) is 6.71. The molecule has 0 saturated heterocycles. The van der Waals surface area contributed by atoms with Crippen LogP contribution in [0.15, 0.2) is 18.2 Å². The first-order valence-electron chi connectivity index (χ1n) is 7.20. The highest BCUT2D eigenvalue weighted by Crippen LogP contribution is 2.23. The van der Waals surface area contributed by atoms with Gasteiger partial charge < -0.3 is 10.0 Å². The third-order valence-electron chi connectivity index (χ3n) is 3.84. The van der Waals surface area contributed by atoms with E-state index in [4.69, 9.17) is 5.11 Å². The van der Waals surface area contributed by atoms with Crippen molar-refractivity contribution in [3.8, 4) is 0 Å². The zero-order valence-electron chi connectivity index (χ0n) is 11.7. The number of nitrogens with zero attached hydrogens (tertiary/aromatic N) is 1. The van der Waals surface area contributed by atoms with Gasteiger partial charge in [-0.2, -0.15) is 0 Å². The van der Waals surface area contributed by atoms with Crippen molar-refractivity contribution in [1.29, 1.82) is 0 Å². The fourth-order valence-corrected chi connectivity index (χ4v) is 2.66. The van der Waals surface area contributed by atoms with Crippen LogP contribution in [0.5, 0.6) is 0 Å². The van der Waals surface area contributed by atoms with Gasteiger partial charge in [0.15, 0.2) is 0 Å². The third kappa shape index (κ3) is 3.57. The fourth-order valence-electron chi connectivity index (χ4n) is 2.66. The molecule has 104 valence electrons. The first kappa shape index (κ1) is 14.1. The number of benzene rings is 1. The zero-order valence-corrected chi connectivity index (χ0v) is 11.7. The Hall–Kier alpha value is -1.35. The van der Waals surface area contributed by atoms with E-state index in [1.54, 1.807) is 4.90 Å². The maximum Gasteiger partial charge on any atom is 0.253 e. The molecule has 19 heavy (non-hydrogen) atoms. The quantitative estimate of drug-likeness (QED) is 0.799. The number of rotatable bonds is 6. The Morgan fingerprint density at radius 1 is 1.21 bits per heavy atom. The van der Waals surface area contributed by atoms with Crippen LogP contribution in [0.1, 0.15) is 47.2 Å². The first-order chi connectivity index (χ1) is 9.22. The highest BCUT2D eigenvalue weighted by molar-refractivity contribution is 5.94. The Kier molecular flexibility index (Phi) is 4.97. The van der Waals surface area contributed by atoms with Crippen LogP contribution in [0.4, 0.5) is 0 Å². The van der Waals surface area contributed by atoms with E-state index in [1.807, 2.05) is 13.1 Å². The lowest BCUT2D eigenvalue weighted by atomic mass is 10.1. The topological polar surface area (TPSA) is 40.5 Å². The van der Waals surface area contributed by atoms with E-state index in [0.29, 0.717) is 0 Å². The minimum absolute atomic E-state index is 0.110. The predicted molar refractivity (Wildman–Crippen MR) is 76.4 cm³/mol. The lowest BCUT2D eigenvalue weighted by Crippen LogP contribution is -2.27. The van der Waals surface area contributed by atoms with Crippen LogP contribution in [-0.4, -0.2) is 36.1 Å². The summed E-state index contributed by atoms with van der Waals surface area (Å²) in [6.45, 7) is 0.998. The lowest BCUT2D eigenvalue weighted by molar-refractivity contribution is 0.0792. The molecule has 0 atom stereocenters. The normalized spacial score (nSPS) is 13.4. The summed E-state index contributed by atoms with van der Waals surface area (Å²) in [4.78, 5) is 14.1. The van der Waals surface area contributed by atoms with Gasteiger partial charge in [-0.25, -0.2) is 0 Å². The first-order valence-corrected chi connectivity index (χ1v) is 7.20. The van der Waals surface area contributed by atoms with Gasteiger partial charge in [0.1, 0.15) is 0 Å². The average Bonchev–Trinajstić information content (AvgIpc) is 2.89. The molecular formula is C16H23NO2. The van der Waals surface area contributed by atoms with Crippen molar-refractivity contribution >= 4 is 5.91 Å². The number of aryl methyl sites for hydroxylation is 2. The number of amides is 1. The number of hydrogen-bond acceptors (Lipinski definition) is 2. The van der Waals surface area contributed by atoms with Gasteiger partial charge in [-0.05, 0) is 61.8 Å². The number of fused-ring (bicyclic) bond motifs is 1. The lowest BCUT2D eigenvalue weighted by Gasteiger charge is -2.17. The molecule has 0 saturated carbocycles. The Bertz CT molecular complexity index is 442. The van der Waals surface area contributed by atoms with Crippen molar-refractivity contribution < 1.29 is 9.90 Å². The summed E-state index contributed by atoms with van der Waals surface area (Å²) in [6, 6.07) is 6.13. The van der Waals surface area contributed by atoms with Crippen molar-refractivity contribution in [3.63, 3.8) is 0 Å². The van der Waals surface area contributed by atoms with Crippen LogP contribution in [-0.2, 0) is 12.8 Å². The Balaban J connectivity index is 1.91. The monoisotopic (exact) mass is 261 g/mol. The number of aliphatic hydroxyl groups is 1. The molecule has 0 heterocycles. The van der Waals surface area contributed by atoms with E-state index in [0.717, 1.165) is 44.2 Å². The van der Waals surface area contributed by atoms with Crippen LogP contribution in [0.2, 0.25) is 0 Å². The largest absolute Gasteiger partial charge is 0.396 e. The molecule has 1 N–H and O–H groups in total. The highest BCUT2D eigenvalue weighted by Gasteiger charge is 2.16. The molecule has 0 aromatic heterocycles. The summed E-state index contributed by atoms with van der Waals surface area (Å²) in [5.74, 6) is 0.110. The summed E-state index contributed by atoms with van der Waals surface area (Å²) in [6.07, 6.45) is 6.22. The van der Waals surface area contributed by atoms with Gasteiger partial charge >= 0.3 is 0 Å². The second-order valence-electron chi connectivity index (χ2n) is 5.35. The molecule has 1 aromatic rings. The van der Waals surface area contributed by atoms with Crippen molar-refractivity contribution in [2.45, 2.75) is 38.5 Å². The smallest absolute Gasteiger partial charge is 0.253 e. The molecule has 3 nitrogen and oxygen atoms in total. The molecule has 0 radical (unpaired) electrons. The molecular weight excluding hydrogens is 238 g/mol. The van der Waals surface area contributed by atoms with Crippen molar-refractivity contribution in [2.75, 3.05) is 20.2 Å². The summed E-state index contributed by atoms with van der Waals surface area (Å²) in [7, 11) is 1.86. The van der Waals surface area contributed by atoms with E-state index in [9.17, 15) is 4.79 Å². The van der Waals surface area contributed by atoms with Gasteiger partial charge in [0.05, 0.1) is 0 Å². The van der Waals surface area contributed by atoms with Gasteiger partial charge in [-0.3, -0.25) is 4.79 Å². The summed E-state index contributed by atoms with van der Waals surface area (Å²) in [5.41, 5.74) is 3.56. The number of hydrogen-bond donors (Lipinski definition) is 1. The molecule has 3 heteroatoms. The number of aliphatic hydroxyl groups excluding tert-OH is 1. The summed E-state index contributed by atoms with van der Waals surface area (Å²) < 4.78 is 0. The molecule has 0 spiro atoms. The maximum absolute atomic E-state index is 12.3. The van der Waals surface area contributed by atoms with E-state index < -0.39 is 0 Å². The van der Waals surface area contributed by atoms with Crippen LogP contribution < -0.4 is 0 Å². The van der Waals surface area contributed by atoms with Gasteiger partial charge in [0.25, 0.3) is 5.91 Å². The van der Waals surface area contributed by atoms with Crippen molar-refractivity contribution in [3.05, 3.63) is 34.9 Å². The number of unbranched alkanes of at least 4 members (excludes halogenated alkanes) is 2. The molecule has 1 aliphatic carbocycles. The van der Waals surface area contributed by atoms with Crippen molar-refractivity contribution in [1.82, 2.24) is 4.90 Å². The zero-order chi connectivity index (χ0) is 13.7. The van der Waals surface area contributed by atoms with E-state index in [1.165, 1.54) is 17.5 Å². The minimum atomic E-state index is 0.110. The summed E-state index contributed by atoms with van der Waals surface area (Å²) >= 11 is 0. The minimum Gasteiger partial charge on any atom is -0.396 e. The van der Waals surface area contributed by atoms with E-state index >= 15 is 0 Å². The van der Waals surface area contributed by atoms with E-state index in [-0.39, 0.29) is 12.5 Å². The van der Waals surface area contributed by atoms with E-state index in [2.05, 4.69) is 12.1 Å². The Morgan fingerprint density at radius 2 is 2.00 bits per heavy atom. The van der Waals surface area contributed by atoms with Gasteiger partial charge in [-0.1, -0.05) is 6.07 Å². The Labute approximate surface area is 115 Å². The average molecular weight is 261 g/mol. The molecule has 0 bridgehead atoms. The molecule has 0 unspecified atom stereocenters. The van der Waals surface area contributed by atoms with Crippen molar-refractivity contribution in [2.24, 2.45) is 0 Å². The molecule has 0 fully saturated rings. The molecule has 0 aliphatic heterocycles. The standard InChI is InChI=1S/C16H23NO2/c1-17(10-3-2-4-11-18)16(19)15-9-8-13-6-5-7-14(13)12-15/h8-9,12,18H,2-7,10-11H2,1H3. The second-order valence-corrected chi connectivity index (χ2v) is 5.35. The number of carbonyl (C=O) groups is 1. The highest BCUT2D eigenvalue weighted by atomic mass is 16.2. The van der Waals surface area contributed by atoms with Crippen LogP contribution >= 0.6 is 0 Å².